The summed E-state index contributed by atoms with van der Waals surface area (Å²) in [6.45, 7) is -0.217. The number of ether oxygens (including phenoxy) is 1. The molecule has 0 aromatic carbocycles. The van der Waals surface area contributed by atoms with Gasteiger partial charge in [0.05, 0.1) is 24.3 Å². The number of fused-ring (bicyclic) bond motifs is 1. The minimum atomic E-state index is -0.880. The number of nitrogen functional groups attached to an aromatic ring is 1. The van der Waals surface area contributed by atoms with Crippen LogP contribution >= 0.6 is 12.6 Å². The predicted octanol–water partition coefficient (Wildman–Crippen LogP) is -1.04. The number of hydrogen-bond acceptors (Lipinski definition) is 8. The number of anilines is 1. The highest BCUT2D eigenvalue weighted by atomic mass is 32.1. The maximum absolute atomic E-state index is 10.1. The highest BCUT2D eigenvalue weighted by Crippen LogP contribution is 2.34. The van der Waals surface area contributed by atoms with Crippen molar-refractivity contribution in [3.8, 4) is 0 Å². The van der Waals surface area contributed by atoms with Crippen LogP contribution in [0.4, 0.5) is 5.82 Å². The van der Waals surface area contributed by atoms with Crippen LogP contribution in [0, 0.1) is 0 Å². The Kier molecular flexibility index (Phi) is 3.05. The lowest BCUT2D eigenvalue weighted by atomic mass is 10.2. The van der Waals surface area contributed by atoms with Gasteiger partial charge in [-0.05, 0) is 0 Å². The van der Waals surface area contributed by atoms with Crippen LogP contribution in [0.25, 0.3) is 11.2 Å². The number of hydrogen-bond donors (Lipinski definition) is 4. The molecule has 102 valence electrons. The standard InChI is InChI=1S/C10H13N5O3S/c11-8-5-9(13-2-12-8)15(3-14-5)10-6(17)7(19)4(1-16)18-10/h2-4,6-7,10,16-17,19H,1H2,(H2,11,12,13)/t4-,6?,7?,10-/m1/s1. The van der Waals surface area contributed by atoms with Crippen LogP contribution in [0.15, 0.2) is 12.7 Å². The summed E-state index contributed by atoms with van der Waals surface area (Å²) in [7, 11) is 0. The maximum atomic E-state index is 10.1. The zero-order chi connectivity index (χ0) is 13.6. The second-order valence-electron chi connectivity index (χ2n) is 4.31. The average Bonchev–Trinajstić information content (AvgIpc) is 2.94. The molecule has 3 rings (SSSR count). The number of aliphatic hydroxyl groups excluding tert-OH is 2. The molecule has 9 heteroatoms. The largest absolute Gasteiger partial charge is 0.394 e. The molecule has 0 aliphatic carbocycles. The van der Waals surface area contributed by atoms with Gasteiger partial charge in [-0.25, -0.2) is 15.0 Å². The Morgan fingerprint density at radius 3 is 2.89 bits per heavy atom. The zero-order valence-corrected chi connectivity index (χ0v) is 10.7. The van der Waals surface area contributed by atoms with Gasteiger partial charge in [0.2, 0.25) is 0 Å². The molecule has 4 N–H and O–H groups in total. The molecule has 1 aliphatic heterocycles. The summed E-state index contributed by atoms with van der Waals surface area (Å²) >= 11 is 4.24. The third kappa shape index (κ3) is 1.86. The van der Waals surface area contributed by atoms with Crippen LogP contribution in [-0.2, 0) is 4.74 Å². The first-order valence-corrected chi connectivity index (χ1v) is 6.20. The third-order valence-electron chi connectivity index (χ3n) is 3.18. The fourth-order valence-electron chi connectivity index (χ4n) is 2.17. The summed E-state index contributed by atoms with van der Waals surface area (Å²) in [6, 6.07) is 0. The van der Waals surface area contributed by atoms with Crippen molar-refractivity contribution >= 4 is 29.6 Å². The van der Waals surface area contributed by atoms with Gasteiger partial charge >= 0.3 is 0 Å². The molecule has 0 bridgehead atoms. The van der Waals surface area contributed by atoms with Gasteiger partial charge in [0.15, 0.2) is 17.7 Å². The summed E-state index contributed by atoms with van der Waals surface area (Å²) in [6.07, 6.45) is 0.663. The molecule has 1 saturated heterocycles. The second-order valence-corrected chi connectivity index (χ2v) is 4.91. The minimum absolute atomic E-state index is 0.217. The summed E-state index contributed by atoms with van der Waals surface area (Å²) in [5.41, 5.74) is 6.61. The molecule has 2 unspecified atom stereocenters. The lowest BCUT2D eigenvalue weighted by molar-refractivity contribution is -0.0486. The second kappa shape index (κ2) is 4.60. The summed E-state index contributed by atoms with van der Waals surface area (Å²) in [5, 5.41) is 18.8. The molecule has 3 heterocycles. The van der Waals surface area contributed by atoms with Crippen LogP contribution in [0.5, 0.6) is 0 Å². The van der Waals surface area contributed by atoms with Crippen LogP contribution < -0.4 is 5.73 Å². The summed E-state index contributed by atoms with van der Waals surface area (Å²) in [5.74, 6) is 0.261. The molecule has 1 aliphatic rings. The molecule has 0 amide bonds. The van der Waals surface area contributed by atoms with Crippen molar-refractivity contribution in [2.24, 2.45) is 0 Å². The number of nitrogens with two attached hydrogens (primary N) is 1. The van der Waals surface area contributed by atoms with Gasteiger partial charge in [-0.15, -0.1) is 0 Å². The quantitative estimate of drug-likeness (QED) is 0.520. The topological polar surface area (TPSA) is 119 Å². The van der Waals surface area contributed by atoms with Gasteiger partial charge < -0.3 is 20.7 Å². The van der Waals surface area contributed by atoms with Crippen molar-refractivity contribution in [2.45, 2.75) is 23.7 Å². The Hall–Kier alpha value is -1.42. The molecule has 0 radical (unpaired) electrons. The lowest BCUT2D eigenvalue weighted by Gasteiger charge is -2.16. The molecule has 2 aromatic rings. The number of thiol groups is 1. The number of rotatable bonds is 2. The van der Waals surface area contributed by atoms with Crippen molar-refractivity contribution in [1.29, 1.82) is 0 Å². The normalized spacial score (nSPS) is 31.1. The average molecular weight is 283 g/mol. The third-order valence-corrected chi connectivity index (χ3v) is 3.82. The highest BCUT2D eigenvalue weighted by molar-refractivity contribution is 7.81. The fraction of sp³-hybridized carbons (Fsp3) is 0.500. The van der Waals surface area contributed by atoms with Crippen molar-refractivity contribution < 1.29 is 14.9 Å². The van der Waals surface area contributed by atoms with E-state index in [0.717, 1.165) is 0 Å². The Morgan fingerprint density at radius 1 is 1.42 bits per heavy atom. The van der Waals surface area contributed by atoms with E-state index < -0.39 is 23.7 Å². The van der Waals surface area contributed by atoms with E-state index >= 15 is 0 Å². The molecule has 4 atom stereocenters. The molecule has 8 nitrogen and oxygen atoms in total. The number of nitrogens with zero attached hydrogens (tertiary/aromatic N) is 4. The van der Waals surface area contributed by atoms with E-state index in [-0.39, 0.29) is 12.4 Å². The lowest BCUT2D eigenvalue weighted by Crippen LogP contribution is -2.28. The highest BCUT2D eigenvalue weighted by Gasteiger charge is 2.42. The molecule has 19 heavy (non-hydrogen) atoms. The van der Waals surface area contributed by atoms with Crippen LogP contribution in [0.1, 0.15) is 6.23 Å². The van der Waals surface area contributed by atoms with E-state index in [1.807, 2.05) is 0 Å². The number of aliphatic hydroxyl groups is 2. The van der Waals surface area contributed by atoms with E-state index in [4.69, 9.17) is 10.5 Å². The summed E-state index contributed by atoms with van der Waals surface area (Å²) < 4.78 is 7.14. The fourth-order valence-corrected chi connectivity index (χ4v) is 2.48. The van der Waals surface area contributed by atoms with Crippen molar-refractivity contribution in [1.82, 2.24) is 19.5 Å². The molecule has 2 aromatic heterocycles. The SMILES string of the molecule is Nc1ncnc2c1ncn2[C@@H]1O[C@H](CO)C(S)C1O. The Labute approximate surface area is 113 Å². The van der Waals surface area contributed by atoms with Crippen LogP contribution in [0.2, 0.25) is 0 Å². The predicted molar refractivity (Wildman–Crippen MR) is 69.5 cm³/mol. The van der Waals surface area contributed by atoms with Crippen LogP contribution in [-0.4, -0.2) is 53.8 Å². The monoisotopic (exact) mass is 283 g/mol. The van der Waals surface area contributed by atoms with Gasteiger partial charge in [0.1, 0.15) is 17.9 Å². The van der Waals surface area contributed by atoms with E-state index in [1.54, 1.807) is 4.57 Å². The first kappa shape index (κ1) is 12.6. The molecule has 0 spiro atoms. The van der Waals surface area contributed by atoms with Gasteiger partial charge in [0, 0.05) is 0 Å². The maximum Gasteiger partial charge on any atom is 0.167 e. The summed E-state index contributed by atoms with van der Waals surface area (Å²) in [4.78, 5) is 12.0. The molecular formula is C10H13N5O3S. The van der Waals surface area contributed by atoms with E-state index in [2.05, 4.69) is 27.6 Å². The zero-order valence-electron chi connectivity index (χ0n) is 9.79. The minimum Gasteiger partial charge on any atom is -0.394 e. The Bertz CT molecular complexity index is 606. The first-order chi connectivity index (χ1) is 9.13. The van der Waals surface area contributed by atoms with Crippen molar-refractivity contribution in [2.75, 3.05) is 12.3 Å². The number of aromatic nitrogens is 4. The molecule has 0 saturated carbocycles. The van der Waals surface area contributed by atoms with Gasteiger partial charge in [-0.3, -0.25) is 4.57 Å². The smallest absolute Gasteiger partial charge is 0.167 e. The molecule has 1 fully saturated rings. The van der Waals surface area contributed by atoms with Gasteiger partial charge in [0.25, 0.3) is 0 Å². The van der Waals surface area contributed by atoms with Gasteiger partial charge in [-0.2, -0.15) is 12.6 Å². The van der Waals surface area contributed by atoms with Crippen molar-refractivity contribution in [3.63, 3.8) is 0 Å². The Morgan fingerprint density at radius 2 is 2.21 bits per heavy atom. The van der Waals surface area contributed by atoms with Crippen molar-refractivity contribution in [3.05, 3.63) is 12.7 Å². The van der Waals surface area contributed by atoms with E-state index in [0.29, 0.717) is 11.2 Å². The first-order valence-electron chi connectivity index (χ1n) is 5.69. The Balaban J connectivity index is 2.04. The van der Waals surface area contributed by atoms with Gasteiger partial charge in [-0.1, -0.05) is 0 Å². The number of imidazole rings is 1. The van der Waals surface area contributed by atoms with E-state index in [9.17, 15) is 10.2 Å². The van der Waals surface area contributed by atoms with Crippen LogP contribution in [0.3, 0.4) is 0 Å². The molecular weight excluding hydrogens is 270 g/mol. The van der Waals surface area contributed by atoms with E-state index in [1.165, 1.54) is 12.7 Å².